The van der Waals surface area contributed by atoms with Crippen LogP contribution >= 0.6 is 0 Å². The van der Waals surface area contributed by atoms with Crippen LogP contribution in [0.2, 0.25) is 0 Å². The molecule has 2 aliphatic carbocycles. The van der Waals surface area contributed by atoms with Crippen molar-refractivity contribution in [2.45, 2.75) is 126 Å². The van der Waals surface area contributed by atoms with E-state index in [1.165, 1.54) is 42.9 Å². The maximum Gasteiger partial charge on any atom is 0.297 e. The Bertz CT molecular complexity index is 3000. The highest BCUT2D eigenvalue weighted by molar-refractivity contribution is 7.90. The Labute approximate surface area is 432 Å². The summed E-state index contributed by atoms with van der Waals surface area (Å²) >= 11 is 0. The second-order valence-electron chi connectivity index (χ2n) is 22.2. The van der Waals surface area contributed by atoms with Gasteiger partial charge in [-0.15, -0.1) is 0 Å². The van der Waals surface area contributed by atoms with Crippen molar-refractivity contribution < 1.29 is 42.2 Å². The van der Waals surface area contributed by atoms with Gasteiger partial charge in [-0.25, -0.2) is 13.1 Å². The van der Waals surface area contributed by atoms with E-state index in [0.29, 0.717) is 69.1 Å². The Morgan fingerprint density at radius 1 is 1.00 bits per heavy atom. The lowest BCUT2D eigenvalue weighted by molar-refractivity contribution is -0.384. The van der Waals surface area contributed by atoms with Gasteiger partial charge in [0.05, 0.1) is 46.3 Å². The Morgan fingerprint density at radius 3 is 2.55 bits per heavy atom. The molecule has 394 valence electrons. The number of carbonyl (C=O) groups excluding carboxylic acids is 1. The minimum absolute atomic E-state index is 0.0111. The predicted molar refractivity (Wildman–Crippen MR) is 280 cm³/mol. The highest BCUT2D eigenvalue weighted by atomic mass is 32.2. The number of nitrogens with one attached hydrogen (secondary N) is 4. The number of pyridine rings is 1. The van der Waals surface area contributed by atoms with E-state index in [1.807, 2.05) is 19.1 Å². The van der Waals surface area contributed by atoms with Crippen molar-refractivity contribution in [3.05, 3.63) is 99.7 Å². The number of hydrogen-bond acceptors (Lipinski definition) is 15. The van der Waals surface area contributed by atoms with Gasteiger partial charge in [-0.2, -0.15) is 4.98 Å². The molecular formula is C55H68N8O10S. The van der Waals surface area contributed by atoms with E-state index >= 15 is 0 Å². The third-order valence-corrected chi connectivity index (χ3v) is 18.1. The number of sulfonamides is 1. The minimum Gasteiger partial charge on any atom is -0.489 e. The first-order chi connectivity index (χ1) is 35.6. The number of nitro groups is 1. The van der Waals surface area contributed by atoms with Crippen LogP contribution in [0.25, 0.3) is 11.0 Å². The quantitative estimate of drug-likeness (QED) is 0.0519. The second kappa shape index (κ2) is 20.3. The Morgan fingerprint density at radius 2 is 1.80 bits per heavy atom. The number of fused-ring (bicyclic) bond motifs is 2. The summed E-state index contributed by atoms with van der Waals surface area (Å²) in [6.07, 6.45) is 11.1. The summed E-state index contributed by atoms with van der Waals surface area (Å²) in [7, 11) is -4.73. The van der Waals surface area contributed by atoms with Crippen molar-refractivity contribution in [2.75, 3.05) is 62.8 Å². The molecule has 5 N–H and O–H groups in total. The fraction of sp³-hybridized carbons (Fsp3) is 0.527. The molecule has 6 aliphatic rings. The molecule has 0 bridgehead atoms. The van der Waals surface area contributed by atoms with Crippen molar-refractivity contribution in [3.8, 4) is 23.1 Å². The largest absolute Gasteiger partial charge is 0.489 e. The molecule has 74 heavy (non-hydrogen) atoms. The molecule has 2 saturated carbocycles. The number of nitrogens with zero attached hydrogens (tertiary/aromatic N) is 4. The van der Waals surface area contributed by atoms with E-state index < -0.39 is 37.0 Å². The first-order valence-corrected chi connectivity index (χ1v) is 27.9. The molecule has 18 nitrogen and oxygen atoms in total. The molecule has 1 spiro atoms. The number of morpholine rings is 1. The fourth-order valence-corrected chi connectivity index (χ4v) is 13.5. The van der Waals surface area contributed by atoms with Crippen LogP contribution in [-0.4, -0.2) is 116 Å². The molecule has 5 fully saturated rings. The average Bonchev–Trinajstić information content (AvgIpc) is 4.07. The zero-order valence-corrected chi connectivity index (χ0v) is 43.3. The summed E-state index contributed by atoms with van der Waals surface area (Å²) in [6, 6.07) is 20.5. The number of rotatable bonds is 14. The third-order valence-electron chi connectivity index (χ3n) is 16.8. The topological polar surface area (TPSA) is 223 Å². The maximum atomic E-state index is 14.5. The predicted octanol–water partition coefficient (Wildman–Crippen LogP) is 8.57. The number of ether oxygens (including phenoxy) is 4. The first-order valence-electron chi connectivity index (χ1n) is 26.5. The Hall–Kier alpha value is -5.99. The number of hydrogen-bond donors (Lipinski definition) is 5. The van der Waals surface area contributed by atoms with E-state index in [-0.39, 0.29) is 71.0 Å². The minimum atomic E-state index is -4.73. The standard InChI is InChI=1S/C55H68N8O10S/c1-34(2)41-7-4-5-8-42(41)45-9-6-21-62(45)39-29-55(30-39)17-22-61(23-18-55)38-10-11-43(47(26-38)73-49-25-36-14-19-57-51(36)59-53(49)72-32-37-31-70-24-20-56-37)52(64)60-74(68,69)40-27-46(63(66)67)50-48(28-40)71-33-44(58-50)35-12-15-54(3,65)16-13-35/h4-5,7-8,10-11,14,19,25-28,34-35,37,39,44-45,56,58,65H,6,9,12-13,15-18,20-24,29-33H2,1-3H3,(H,57,59)(H,60,64)/t35-,37-,44+,45-,54-/m0/s1. The van der Waals surface area contributed by atoms with E-state index in [2.05, 4.69) is 68.3 Å². The van der Waals surface area contributed by atoms with Gasteiger partial charge in [0.15, 0.2) is 17.2 Å². The van der Waals surface area contributed by atoms with Gasteiger partial charge in [-0.05, 0) is 130 Å². The lowest BCUT2D eigenvalue weighted by atomic mass is 9.59. The summed E-state index contributed by atoms with van der Waals surface area (Å²) in [5.74, 6) is -0.00159. The number of nitro benzene ring substituents is 1. The highest BCUT2D eigenvalue weighted by Gasteiger charge is 2.50. The monoisotopic (exact) mass is 1030 g/mol. The van der Waals surface area contributed by atoms with E-state index in [1.54, 1.807) is 24.4 Å². The van der Waals surface area contributed by atoms with Gasteiger partial charge in [0.1, 0.15) is 24.6 Å². The number of benzene rings is 3. The highest BCUT2D eigenvalue weighted by Crippen LogP contribution is 2.54. The number of aromatic amines is 1. The molecule has 3 aromatic carbocycles. The van der Waals surface area contributed by atoms with E-state index in [4.69, 9.17) is 23.9 Å². The molecule has 0 unspecified atom stereocenters. The molecular weight excluding hydrogens is 965 g/mol. The second-order valence-corrected chi connectivity index (χ2v) is 23.8. The number of H-pyrrole nitrogens is 1. The SMILES string of the molecule is CC(C)c1ccccc1[C@@H]1CCCN1C1CC2(CCN(c3ccc(C(=O)NS(=O)(=O)c4cc5c(c([N+](=O)[O-])c4)N[C@@H]([C@H]4CC[C@](C)(O)CC4)CO5)c(Oc4cc5cc[nH]c5nc4OC[C@@H]4COCCN4)c3)CC2)C1. The van der Waals surface area contributed by atoms with Gasteiger partial charge >= 0.3 is 0 Å². The molecule has 19 heteroatoms. The van der Waals surface area contributed by atoms with Crippen molar-refractivity contribution in [1.82, 2.24) is 24.9 Å². The van der Waals surface area contributed by atoms with Gasteiger partial charge in [0.25, 0.3) is 27.5 Å². The maximum absolute atomic E-state index is 14.5. The van der Waals surface area contributed by atoms with Gasteiger partial charge in [0, 0.05) is 67.2 Å². The van der Waals surface area contributed by atoms with E-state index in [9.17, 15) is 28.4 Å². The van der Waals surface area contributed by atoms with Crippen molar-refractivity contribution in [3.63, 3.8) is 0 Å². The first kappa shape index (κ1) is 50.2. The van der Waals surface area contributed by atoms with E-state index in [0.717, 1.165) is 49.6 Å². The number of aromatic nitrogens is 2. The van der Waals surface area contributed by atoms with Crippen LogP contribution in [0.3, 0.4) is 0 Å². The lowest BCUT2D eigenvalue weighted by Gasteiger charge is -2.56. The van der Waals surface area contributed by atoms with Crippen LogP contribution in [0, 0.1) is 21.4 Å². The zero-order chi connectivity index (χ0) is 51.4. The van der Waals surface area contributed by atoms with Crippen molar-refractivity contribution in [2.24, 2.45) is 11.3 Å². The van der Waals surface area contributed by atoms with Gasteiger partial charge < -0.3 is 44.6 Å². The molecule has 2 aromatic heterocycles. The van der Waals surface area contributed by atoms with Crippen molar-refractivity contribution >= 4 is 44.0 Å². The van der Waals surface area contributed by atoms with Crippen LogP contribution in [-0.2, 0) is 14.8 Å². The number of aliphatic hydroxyl groups is 1. The van der Waals surface area contributed by atoms with Gasteiger partial charge in [-0.3, -0.25) is 19.8 Å². The number of anilines is 2. The van der Waals surface area contributed by atoms with Crippen LogP contribution in [0.15, 0.2) is 77.8 Å². The summed E-state index contributed by atoms with van der Waals surface area (Å²) in [6.45, 7) is 11.2. The Kier molecular flexibility index (Phi) is 13.7. The number of amides is 1. The molecule has 6 heterocycles. The lowest BCUT2D eigenvalue weighted by Crippen LogP contribution is -2.54. The normalized spacial score (nSPS) is 25.2. The number of carbonyl (C=O) groups is 1. The van der Waals surface area contributed by atoms with Crippen LogP contribution in [0.1, 0.15) is 118 Å². The molecule has 1 amide bonds. The molecule has 3 atom stereocenters. The summed E-state index contributed by atoms with van der Waals surface area (Å²) in [5, 5.41) is 30.4. The third kappa shape index (κ3) is 10.2. The average molecular weight is 1030 g/mol. The molecule has 11 rings (SSSR count). The van der Waals surface area contributed by atoms with Gasteiger partial charge in [-0.1, -0.05) is 38.1 Å². The summed E-state index contributed by atoms with van der Waals surface area (Å²) in [4.78, 5) is 38.8. The fourth-order valence-electron chi connectivity index (χ4n) is 12.5. The smallest absolute Gasteiger partial charge is 0.297 e. The Balaban J connectivity index is 0.843. The summed E-state index contributed by atoms with van der Waals surface area (Å²) < 4.78 is 55.2. The molecule has 5 aromatic rings. The number of piperidine rings is 1. The van der Waals surface area contributed by atoms with Crippen LogP contribution in [0.5, 0.6) is 23.1 Å². The number of likely N-dealkylation sites (tertiary alicyclic amines) is 1. The van der Waals surface area contributed by atoms with Gasteiger partial charge in [0.2, 0.25) is 0 Å². The molecule has 4 aliphatic heterocycles. The van der Waals surface area contributed by atoms with Crippen LogP contribution < -0.4 is 34.5 Å². The molecule has 3 saturated heterocycles. The van der Waals surface area contributed by atoms with Crippen LogP contribution in [0.4, 0.5) is 17.1 Å². The summed E-state index contributed by atoms with van der Waals surface area (Å²) in [5.41, 5.74) is 3.29. The molecule has 0 radical (unpaired) electrons. The zero-order valence-electron chi connectivity index (χ0n) is 42.4. The van der Waals surface area contributed by atoms with Crippen molar-refractivity contribution in [1.29, 1.82) is 0 Å².